The number of carboxylic acids is 1. The minimum Gasteiger partial charge on any atom is -0.481 e. The Morgan fingerprint density at radius 2 is 1.61 bits per heavy atom. The Morgan fingerprint density at radius 3 is 2.18 bits per heavy atom. The Morgan fingerprint density at radius 1 is 0.970 bits per heavy atom. The molecule has 7 heteroatoms. The summed E-state index contributed by atoms with van der Waals surface area (Å²) in [5, 5.41) is 14.4. The summed E-state index contributed by atoms with van der Waals surface area (Å²) < 4.78 is 40.6. The normalized spacial score (nSPS) is 12.5. The van der Waals surface area contributed by atoms with Crippen molar-refractivity contribution in [1.29, 1.82) is 0 Å². The maximum atomic E-state index is 13.0. The summed E-state index contributed by atoms with van der Waals surface area (Å²) in [6.45, 7) is 1.96. The number of nitrogens with zero attached hydrogens (tertiary/aromatic N) is 2. The molecule has 168 valence electrons. The van der Waals surface area contributed by atoms with E-state index in [9.17, 15) is 23.1 Å². The van der Waals surface area contributed by atoms with E-state index in [1.807, 2.05) is 37.3 Å². The lowest BCUT2D eigenvalue weighted by Crippen LogP contribution is -2.15. The second-order valence-corrected chi connectivity index (χ2v) is 7.85. The molecule has 0 radical (unpaired) electrons. The van der Waals surface area contributed by atoms with Gasteiger partial charge in [-0.05, 0) is 42.8 Å². The first-order valence-corrected chi connectivity index (χ1v) is 10.3. The maximum absolute atomic E-state index is 13.0. The topological polar surface area (TPSA) is 55.1 Å². The zero-order valence-electron chi connectivity index (χ0n) is 17.8. The fourth-order valence-electron chi connectivity index (χ4n) is 3.69. The molecule has 0 saturated heterocycles. The van der Waals surface area contributed by atoms with Crippen LogP contribution in [0.3, 0.4) is 0 Å². The lowest BCUT2D eigenvalue weighted by Gasteiger charge is -2.11. The molecule has 0 saturated carbocycles. The van der Waals surface area contributed by atoms with E-state index >= 15 is 0 Å². The summed E-state index contributed by atoms with van der Waals surface area (Å²) >= 11 is 0. The number of rotatable bonds is 6. The second kappa shape index (κ2) is 8.94. The van der Waals surface area contributed by atoms with E-state index in [4.69, 9.17) is 0 Å². The molecule has 1 atom stereocenters. The van der Waals surface area contributed by atoms with E-state index in [2.05, 4.69) is 5.10 Å². The van der Waals surface area contributed by atoms with Crippen molar-refractivity contribution in [1.82, 2.24) is 9.78 Å². The molecule has 1 unspecified atom stereocenters. The quantitative estimate of drug-likeness (QED) is 0.376. The van der Waals surface area contributed by atoms with Gasteiger partial charge in [-0.15, -0.1) is 0 Å². The van der Waals surface area contributed by atoms with Gasteiger partial charge in [-0.25, -0.2) is 4.68 Å². The SMILES string of the molecule is Cc1ccc(-c2cc(CC(C(=O)O)c3ccccc3)nn2-c2ccc(C(F)(F)F)cc2)cc1. The number of benzene rings is 3. The van der Waals surface area contributed by atoms with Crippen LogP contribution in [0.5, 0.6) is 0 Å². The van der Waals surface area contributed by atoms with Crippen LogP contribution in [0.2, 0.25) is 0 Å². The van der Waals surface area contributed by atoms with Crippen molar-refractivity contribution in [2.24, 2.45) is 0 Å². The lowest BCUT2D eigenvalue weighted by atomic mass is 9.94. The van der Waals surface area contributed by atoms with Crippen molar-refractivity contribution in [2.45, 2.75) is 25.4 Å². The summed E-state index contributed by atoms with van der Waals surface area (Å²) in [6, 6.07) is 23.1. The van der Waals surface area contributed by atoms with E-state index < -0.39 is 23.6 Å². The number of hydrogen-bond donors (Lipinski definition) is 1. The molecule has 4 nitrogen and oxygen atoms in total. The van der Waals surface area contributed by atoms with Crippen LogP contribution >= 0.6 is 0 Å². The highest BCUT2D eigenvalue weighted by Gasteiger charge is 2.30. The van der Waals surface area contributed by atoms with Gasteiger partial charge < -0.3 is 5.11 Å². The molecule has 0 aliphatic heterocycles. The van der Waals surface area contributed by atoms with Crippen molar-refractivity contribution in [3.05, 3.63) is 107 Å². The van der Waals surface area contributed by atoms with Crippen molar-refractivity contribution >= 4 is 5.97 Å². The molecule has 1 aromatic heterocycles. The van der Waals surface area contributed by atoms with Crippen molar-refractivity contribution in [3.8, 4) is 16.9 Å². The number of halogens is 3. The smallest absolute Gasteiger partial charge is 0.416 e. The van der Waals surface area contributed by atoms with Crippen molar-refractivity contribution < 1.29 is 23.1 Å². The molecule has 0 spiro atoms. The van der Waals surface area contributed by atoms with E-state index in [-0.39, 0.29) is 6.42 Å². The first kappa shape index (κ1) is 22.3. The monoisotopic (exact) mass is 450 g/mol. The van der Waals surface area contributed by atoms with Crippen LogP contribution in [-0.4, -0.2) is 20.9 Å². The lowest BCUT2D eigenvalue weighted by molar-refractivity contribution is -0.139. The minimum atomic E-state index is -4.43. The summed E-state index contributed by atoms with van der Waals surface area (Å²) in [7, 11) is 0. The van der Waals surface area contributed by atoms with Crippen LogP contribution in [0, 0.1) is 6.92 Å². The molecule has 1 heterocycles. The number of aromatic nitrogens is 2. The number of carbonyl (C=O) groups is 1. The van der Waals surface area contributed by atoms with Crippen LogP contribution in [0.4, 0.5) is 13.2 Å². The Kier molecular flexibility index (Phi) is 6.05. The molecule has 1 N–H and O–H groups in total. The Labute approximate surface area is 188 Å². The highest BCUT2D eigenvalue weighted by atomic mass is 19.4. The van der Waals surface area contributed by atoms with Crippen LogP contribution in [0.1, 0.15) is 28.3 Å². The molecule has 4 rings (SSSR count). The van der Waals surface area contributed by atoms with Gasteiger partial charge in [-0.2, -0.15) is 18.3 Å². The summed E-state index contributed by atoms with van der Waals surface area (Å²) in [5.41, 5.74) is 3.46. The average molecular weight is 450 g/mol. The third kappa shape index (κ3) is 4.98. The Balaban J connectivity index is 1.77. The molecule has 0 bridgehead atoms. The molecule has 0 fully saturated rings. The fraction of sp³-hybridized carbons (Fsp3) is 0.154. The predicted octanol–water partition coefficient (Wildman–Crippen LogP) is 6.28. The summed E-state index contributed by atoms with van der Waals surface area (Å²) in [5.74, 6) is -1.77. The van der Waals surface area contributed by atoms with E-state index in [1.165, 1.54) is 12.1 Å². The third-order valence-corrected chi connectivity index (χ3v) is 5.46. The van der Waals surface area contributed by atoms with Crippen molar-refractivity contribution in [3.63, 3.8) is 0 Å². The van der Waals surface area contributed by atoms with E-state index in [0.717, 1.165) is 23.3 Å². The second-order valence-electron chi connectivity index (χ2n) is 7.85. The van der Waals surface area contributed by atoms with E-state index in [0.29, 0.717) is 22.6 Å². The van der Waals surface area contributed by atoms with Gasteiger partial charge in [0.25, 0.3) is 0 Å². The molecule has 3 aromatic carbocycles. The van der Waals surface area contributed by atoms with Gasteiger partial charge in [-0.3, -0.25) is 4.79 Å². The maximum Gasteiger partial charge on any atom is 0.416 e. The predicted molar refractivity (Wildman–Crippen MR) is 119 cm³/mol. The molecule has 0 aliphatic rings. The first-order chi connectivity index (χ1) is 15.7. The number of carboxylic acid groups (broad SMARTS) is 1. The highest BCUT2D eigenvalue weighted by molar-refractivity contribution is 5.76. The van der Waals surface area contributed by atoms with Crippen LogP contribution in [0.25, 0.3) is 16.9 Å². The van der Waals surface area contributed by atoms with Gasteiger partial charge in [-0.1, -0.05) is 60.2 Å². The van der Waals surface area contributed by atoms with Gasteiger partial charge in [0.05, 0.1) is 28.6 Å². The number of alkyl halides is 3. The molecule has 0 amide bonds. The van der Waals surface area contributed by atoms with Gasteiger partial charge >= 0.3 is 12.1 Å². The third-order valence-electron chi connectivity index (χ3n) is 5.46. The van der Waals surface area contributed by atoms with Crippen LogP contribution in [0.15, 0.2) is 84.9 Å². The largest absolute Gasteiger partial charge is 0.481 e. The first-order valence-electron chi connectivity index (χ1n) is 10.3. The van der Waals surface area contributed by atoms with Crippen LogP contribution in [-0.2, 0) is 17.4 Å². The zero-order valence-corrected chi connectivity index (χ0v) is 17.8. The summed E-state index contributed by atoms with van der Waals surface area (Å²) in [4.78, 5) is 12.0. The molecule has 33 heavy (non-hydrogen) atoms. The van der Waals surface area contributed by atoms with Gasteiger partial charge in [0, 0.05) is 12.0 Å². The molecule has 0 aliphatic carbocycles. The van der Waals surface area contributed by atoms with Crippen LogP contribution < -0.4 is 0 Å². The molecular formula is C26H21F3N2O2. The Bertz CT molecular complexity index is 1250. The molecule has 4 aromatic rings. The standard InChI is InChI=1S/C26H21F3N2O2/c1-17-7-9-19(10-8-17)24-16-21(15-23(25(32)33)18-5-3-2-4-6-18)30-31(24)22-13-11-20(12-14-22)26(27,28)29/h2-14,16,23H,15H2,1H3,(H,32,33). The average Bonchev–Trinajstić information content (AvgIpc) is 3.22. The van der Waals surface area contributed by atoms with Gasteiger partial charge in [0.1, 0.15) is 0 Å². The number of hydrogen-bond acceptors (Lipinski definition) is 2. The minimum absolute atomic E-state index is 0.145. The number of aryl methyl sites for hydroxylation is 1. The zero-order chi connectivity index (χ0) is 23.6. The van der Waals surface area contributed by atoms with Gasteiger partial charge in [0.2, 0.25) is 0 Å². The molecular weight excluding hydrogens is 429 g/mol. The summed E-state index contributed by atoms with van der Waals surface area (Å²) in [6.07, 6.45) is -4.29. The number of aliphatic carboxylic acids is 1. The highest BCUT2D eigenvalue weighted by Crippen LogP contribution is 2.31. The Hall–Kier alpha value is -3.87. The van der Waals surface area contributed by atoms with Crippen molar-refractivity contribution in [2.75, 3.05) is 0 Å². The fourth-order valence-corrected chi connectivity index (χ4v) is 3.69. The van der Waals surface area contributed by atoms with E-state index in [1.54, 1.807) is 35.0 Å². The van der Waals surface area contributed by atoms with Gasteiger partial charge in [0.15, 0.2) is 0 Å².